The van der Waals surface area contributed by atoms with E-state index in [2.05, 4.69) is 20.6 Å². The van der Waals surface area contributed by atoms with Crippen LogP contribution in [0.5, 0.6) is 0 Å². The fraction of sp³-hybridized carbons (Fsp3) is 0.0769. The third-order valence-corrected chi connectivity index (χ3v) is 3.80. The van der Waals surface area contributed by atoms with Crippen LogP contribution in [0.2, 0.25) is 0 Å². The van der Waals surface area contributed by atoms with Crippen molar-refractivity contribution < 1.29 is 4.79 Å². The average molecular weight is 301 g/mol. The Bertz CT molecular complexity index is 836. The molecule has 0 radical (unpaired) electrons. The van der Waals surface area contributed by atoms with Crippen LogP contribution < -0.4 is 11.1 Å². The molecule has 21 heavy (non-hydrogen) atoms. The second-order valence-electron chi connectivity index (χ2n) is 4.19. The molecule has 0 atom stereocenters. The van der Waals surface area contributed by atoms with E-state index in [0.29, 0.717) is 0 Å². The van der Waals surface area contributed by atoms with Gasteiger partial charge in [0.2, 0.25) is 5.91 Å². The molecule has 1 aromatic carbocycles. The van der Waals surface area contributed by atoms with Crippen molar-refractivity contribution in [3.63, 3.8) is 0 Å². The lowest BCUT2D eigenvalue weighted by atomic mass is 10.2. The molecule has 0 aliphatic heterocycles. The van der Waals surface area contributed by atoms with Crippen molar-refractivity contribution in [3.8, 4) is 0 Å². The largest absolute Gasteiger partial charge is 0.362 e. The van der Waals surface area contributed by atoms with Crippen LogP contribution >= 0.6 is 11.8 Å². The maximum absolute atomic E-state index is 11.8. The number of fused-ring (bicyclic) bond motifs is 1. The fourth-order valence-corrected chi connectivity index (χ4v) is 2.66. The monoisotopic (exact) mass is 301 g/mol. The van der Waals surface area contributed by atoms with Crippen molar-refractivity contribution >= 4 is 28.6 Å². The van der Waals surface area contributed by atoms with Gasteiger partial charge in [0.15, 0.2) is 0 Å². The summed E-state index contributed by atoms with van der Waals surface area (Å²) < 4.78 is 1.00. The van der Waals surface area contributed by atoms with Crippen LogP contribution in [0.4, 0.5) is 0 Å². The number of H-pyrrole nitrogens is 1. The molecule has 3 rings (SSSR count). The number of hydrogen-bond acceptors (Lipinski definition) is 5. The summed E-state index contributed by atoms with van der Waals surface area (Å²) in [5.41, 5.74) is 2.81. The van der Waals surface area contributed by atoms with Gasteiger partial charge in [-0.25, -0.2) is 9.89 Å². The molecule has 0 aliphatic carbocycles. The second kappa shape index (κ2) is 5.80. The third kappa shape index (κ3) is 2.95. The summed E-state index contributed by atoms with van der Waals surface area (Å²) in [6, 6.07) is 9.64. The first-order valence-electron chi connectivity index (χ1n) is 6.12. The summed E-state index contributed by atoms with van der Waals surface area (Å²) in [5.74, 6) is -0.121. The van der Waals surface area contributed by atoms with Crippen molar-refractivity contribution in [1.82, 2.24) is 19.9 Å². The van der Waals surface area contributed by atoms with Gasteiger partial charge in [0.25, 0.3) is 0 Å². The fourth-order valence-electron chi connectivity index (χ4n) is 1.83. The lowest BCUT2D eigenvalue weighted by molar-refractivity contribution is -0.114. The molecular weight excluding hydrogens is 290 g/mol. The van der Waals surface area contributed by atoms with E-state index >= 15 is 0 Å². The number of nitrogens with zero attached hydrogens (tertiary/aromatic N) is 3. The molecule has 0 saturated heterocycles. The number of thioether (sulfide) groups is 1. The van der Waals surface area contributed by atoms with E-state index in [-0.39, 0.29) is 11.7 Å². The minimum Gasteiger partial charge on any atom is -0.272 e. The van der Waals surface area contributed by atoms with Crippen molar-refractivity contribution in [2.75, 3.05) is 11.2 Å². The first-order chi connectivity index (χ1) is 10.2. The zero-order chi connectivity index (χ0) is 14.7. The highest BCUT2D eigenvalue weighted by molar-refractivity contribution is 8.00. The number of aromatic amines is 1. The van der Waals surface area contributed by atoms with Crippen LogP contribution in [0.3, 0.4) is 0 Å². The Hall–Kier alpha value is -2.61. The molecule has 2 heterocycles. The van der Waals surface area contributed by atoms with Gasteiger partial charge in [-0.3, -0.25) is 15.2 Å². The lowest BCUT2D eigenvalue weighted by Gasteiger charge is -2.06. The third-order valence-electron chi connectivity index (χ3n) is 2.75. The smallest absolute Gasteiger partial charge is 0.272 e. The number of carbonyl (C=O) groups is 1. The number of carbonyl (C=O) groups excluding carboxylic acids is 1. The first-order valence-corrected chi connectivity index (χ1v) is 7.11. The predicted molar refractivity (Wildman–Crippen MR) is 79.7 cm³/mol. The van der Waals surface area contributed by atoms with E-state index in [0.717, 1.165) is 20.5 Å². The van der Waals surface area contributed by atoms with Gasteiger partial charge >= 0.3 is 5.69 Å². The summed E-state index contributed by atoms with van der Waals surface area (Å²) in [4.78, 5) is 28.3. The number of aromatic nitrogens is 4. The van der Waals surface area contributed by atoms with Crippen LogP contribution in [0, 0.1) is 0 Å². The van der Waals surface area contributed by atoms with Gasteiger partial charge in [-0.2, -0.15) is 9.77 Å². The summed E-state index contributed by atoms with van der Waals surface area (Å²) in [7, 11) is 0. The van der Waals surface area contributed by atoms with Gasteiger partial charge in [0.05, 0.1) is 11.3 Å². The number of benzene rings is 1. The summed E-state index contributed by atoms with van der Waals surface area (Å²) in [6.45, 7) is 0. The van der Waals surface area contributed by atoms with Crippen LogP contribution in [-0.2, 0) is 4.79 Å². The van der Waals surface area contributed by atoms with Crippen LogP contribution in [-0.4, -0.2) is 31.5 Å². The van der Waals surface area contributed by atoms with E-state index in [9.17, 15) is 9.59 Å². The van der Waals surface area contributed by atoms with Crippen molar-refractivity contribution in [1.29, 1.82) is 0 Å². The maximum atomic E-state index is 11.8. The highest BCUT2D eigenvalue weighted by Crippen LogP contribution is 2.25. The van der Waals surface area contributed by atoms with Crippen LogP contribution in [0.25, 0.3) is 10.9 Å². The van der Waals surface area contributed by atoms with E-state index in [1.165, 1.54) is 18.1 Å². The molecule has 0 unspecified atom stereocenters. The Kier molecular flexibility index (Phi) is 3.69. The first kappa shape index (κ1) is 13.4. The molecule has 106 valence electrons. The normalized spacial score (nSPS) is 10.7. The molecular formula is C13H11N5O2S. The molecule has 0 bridgehead atoms. The second-order valence-corrected chi connectivity index (χ2v) is 5.20. The van der Waals surface area contributed by atoms with Gasteiger partial charge in [-0.15, -0.1) is 11.8 Å². The van der Waals surface area contributed by atoms with Crippen LogP contribution in [0.15, 0.2) is 52.5 Å². The Balaban J connectivity index is 1.70. The minimum atomic E-state index is -0.486. The molecule has 0 saturated carbocycles. The van der Waals surface area contributed by atoms with Gasteiger partial charge in [-0.1, -0.05) is 18.2 Å². The SMILES string of the molecule is O=C(CSc1cccc2cccnc12)Nn1cn[nH]c1=O. The quantitative estimate of drug-likeness (QED) is 0.701. The Labute approximate surface area is 123 Å². The molecule has 2 aromatic heterocycles. The molecule has 0 aliphatic rings. The minimum absolute atomic E-state index is 0.174. The zero-order valence-corrected chi connectivity index (χ0v) is 11.6. The molecule has 7 nitrogen and oxygen atoms in total. The summed E-state index contributed by atoms with van der Waals surface area (Å²) in [5, 5.41) is 6.75. The molecule has 8 heteroatoms. The topological polar surface area (TPSA) is 92.7 Å². The van der Waals surface area contributed by atoms with E-state index in [1.54, 1.807) is 6.20 Å². The number of amides is 1. The van der Waals surface area contributed by atoms with E-state index in [1.807, 2.05) is 30.3 Å². The van der Waals surface area contributed by atoms with Gasteiger partial charge in [0, 0.05) is 16.5 Å². The summed E-state index contributed by atoms with van der Waals surface area (Å²) >= 11 is 1.37. The number of pyridine rings is 1. The van der Waals surface area contributed by atoms with Crippen molar-refractivity contribution in [2.45, 2.75) is 4.90 Å². The number of para-hydroxylation sites is 1. The zero-order valence-electron chi connectivity index (χ0n) is 10.8. The standard InChI is InChI=1S/C13H11N5O2S/c19-11(17-18-8-15-16-13(18)20)7-21-10-5-1-3-9-4-2-6-14-12(9)10/h1-6,8H,7H2,(H,16,20)(H,17,19). The predicted octanol–water partition coefficient (Wildman–Crippen LogP) is 0.982. The van der Waals surface area contributed by atoms with Crippen LogP contribution in [0.1, 0.15) is 0 Å². The molecule has 0 fully saturated rings. The van der Waals surface area contributed by atoms with Gasteiger partial charge in [-0.05, 0) is 12.1 Å². The van der Waals surface area contributed by atoms with Gasteiger partial charge < -0.3 is 0 Å². The Morgan fingerprint density at radius 3 is 3.00 bits per heavy atom. The van der Waals surface area contributed by atoms with Crippen molar-refractivity contribution in [3.05, 3.63) is 53.3 Å². The highest BCUT2D eigenvalue weighted by Gasteiger charge is 2.08. The number of rotatable bonds is 4. The molecule has 0 spiro atoms. The molecule has 3 aromatic rings. The van der Waals surface area contributed by atoms with E-state index in [4.69, 9.17) is 0 Å². The summed E-state index contributed by atoms with van der Waals surface area (Å²) in [6.07, 6.45) is 2.93. The Morgan fingerprint density at radius 2 is 2.19 bits per heavy atom. The highest BCUT2D eigenvalue weighted by atomic mass is 32.2. The maximum Gasteiger partial charge on any atom is 0.362 e. The van der Waals surface area contributed by atoms with E-state index < -0.39 is 5.69 Å². The number of hydrogen-bond donors (Lipinski definition) is 2. The molecule has 2 N–H and O–H groups in total. The number of nitrogens with one attached hydrogen (secondary N) is 2. The van der Waals surface area contributed by atoms with Gasteiger partial charge in [0.1, 0.15) is 6.33 Å². The Morgan fingerprint density at radius 1 is 1.33 bits per heavy atom. The lowest BCUT2D eigenvalue weighted by Crippen LogP contribution is -2.31. The van der Waals surface area contributed by atoms with Crippen molar-refractivity contribution in [2.24, 2.45) is 0 Å². The molecule has 1 amide bonds. The average Bonchev–Trinajstić information content (AvgIpc) is 2.90.